The van der Waals surface area contributed by atoms with Crippen molar-refractivity contribution in [2.45, 2.75) is 57.5 Å². The van der Waals surface area contributed by atoms with E-state index in [4.69, 9.17) is 10.8 Å². The maximum absolute atomic E-state index is 10.6. The molecule has 0 radical (unpaired) electrons. The molecule has 2 atom stereocenters. The molecule has 0 aromatic carbocycles. The van der Waals surface area contributed by atoms with E-state index < -0.39 is 6.09 Å². The van der Waals surface area contributed by atoms with Crippen LogP contribution in [-0.2, 0) is 0 Å². The van der Waals surface area contributed by atoms with E-state index in [2.05, 4.69) is 5.32 Å². The molecule has 0 aromatic heterocycles. The first-order chi connectivity index (χ1) is 6.89. The molecular weight excluding hydrogens is 192 g/mol. The van der Waals surface area contributed by atoms with Crippen LogP contribution in [0.3, 0.4) is 0 Å². The highest BCUT2D eigenvalue weighted by atomic mass is 16.4. The standard InChI is InChI=1S/C11H22N2O2/c1-11(2,13-10(14)15)7-8-4-3-5-9(12)6-8/h8-9,13H,3-7,12H2,1-2H3,(H,14,15)/t8-,9+/m0/s1. The zero-order valence-corrected chi connectivity index (χ0v) is 9.62. The van der Waals surface area contributed by atoms with Crippen molar-refractivity contribution in [3.05, 3.63) is 0 Å². The van der Waals surface area contributed by atoms with Crippen LogP contribution in [0.25, 0.3) is 0 Å². The van der Waals surface area contributed by atoms with Gasteiger partial charge in [0.05, 0.1) is 0 Å². The number of hydrogen-bond acceptors (Lipinski definition) is 2. The van der Waals surface area contributed by atoms with Crippen LogP contribution in [-0.4, -0.2) is 22.8 Å². The second-order valence-electron chi connectivity index (χ2n) is 5.31. The first-order valence-electron chi connectivity index (χ1n) is 5.66. The quantitative estimate of drug-likeness (QED) is 0.672. The molecule has 15 heavy (non-hydrogen) atoms. The summed E-state index contributed by atoms with van der Waals surface area (Å²) in [6, 6.07) is 0.310. The second-order valence-corrected chi connectivity index (χ2v) is 5.31. The highest BCUT2D eigenvalue weighted by molar-refractivity contribution is 5.65. The maximum Gasteiger partial charge on any atom is 0.405 e. The van der Waals surface area contributed by atoms with E-state index in [1.807, 2.05) is 13.8 Å². The molecule has 1 saturated carbocycles. The van der Waals surface area contributed by atoms with Gasteiger partial charge in [-0.3, -0.25) is 0 Å². The largest absolute Gasteiger partial charge is 0.465 e. The van der Waals surface area contributed by atoms with Gasteiger partial charge in [0, 0.05) is 11.6 Å². The Labute approximate surface area is 91.2 Å². The van der Waals surface area contributed by atoms with Crippen molar-refractivity contribution in [1.29, 1.82) is 0 Å². The van der Waals surface area contributed by atoms with Crippen LogP contribution < -0.4 is 11.1 Å². The molecule has 88 valence electrons. The molecule has 0 bridgehead atoms. The van der Waals surface area contributed by atoms with Crippen LogP contribution in [0.5, 0.6) is 0 Å². The Morgan fingerprint density at radius 3 is 2.73 bits per heavy atom. The van der Waals surface area contributed by atoms with Gasteiger partial charge >= 0.3 is 6.09 Å². The normalized spacial score (nSPS) is 27.4. The predicted octanol–water partition coefficient (Wildman–Crippen LogP) is 1.94. The lowest BCUT2D eigenvalue weighted by Gasteiger charge is -2.33. The third kappa shape index (κ3) is 4.51. The Morgan fingerprint density at radius 2 is 2.20 bits per heavy atom. The predicted molar refractivity (Wildman–Crippen MR) is 59.8 cm³/mol. The Balaban J connectivity index is 2.41. The summed E-state index contributed by atoms with van der Waals surface area (Å²) in [5.41, 5.74) is 5.57. The number of carbonyl (C=O) groups is 1. The van der Waals surface area contributed by atoms with Crippen molar-refractivity contribution >= 4 is 6.09 Å². The first kappa shape index (κ1) is 12.3. The van der Waals surface area contributed by atoms with Crippen molar-refractivity contribution in [3.63, 3.8) is 0 Å². The molecule has 0 aromatic rings. The fourth-order valence-electron chi connectivity index (χ4n) is 2.58. The molecule has 1 fully saturated rings. The summed E-state index contributed by atoms with van der Waals surface area (Å²) in [6.45, 7) is 3.86. The molecule has 4 nitrogen and oxygen atoms in total. The van der Waals surface area contributed by atoms with E-state index in [9.17, 15) is 4.79 Å². The summed E-state index contributed by atoms with van der Waals surface area (Å²) >= 11 is 0. The molecule has 0 spiro atoms. The van der Waals surface area contributed by atoms with Crippen LogP contribution in [0.15, 0.2) is 0 Å². The number of rotatable bonds is 3. The first-order valence-corrected chi connectivity index (χ1v) is 5.66. The Hall–Kier alpha value is -0.770. The topological polar surface area (TPSA) is 75.3 Å². The van der Waals surface area contributed by atoms with Gasteiger partial charge in [-0.2, -0.15) is 0 Å². The molecule has 0 aliphatic heterocycles. The lowest BCUT2D eigenvalue weighted by molar-refractivity contribution is 0.171. The third-order valence-electron chi connectivity index (χ3n) is 3.07. The zero-order valence-electron chi connectivity index (χ0n) is 9.62. The lowest BCUT2D eigenvalue weighted by atomic mass is 9.79. The fourth-order valence-corrected chi connectivity index (χ4v) is 2.58. The fraction of sp³-hybridized carbons (Fsp3) is 0.909. The van der Waals surface area contributed by atoms with E-state index >= 15 is 0 Å². The van der Waals surface area contributed by atoms with E-state index in [1.54, 1.807) is 0 Å². The van der Waals surface area contributed by atoms with Crippen molar-refractivity contribution in [2.75, 3.05) is 0 Å². The molecule has 4 heteroatoms. The van der Waals surface area contributed by atoms with E-state index in [1.165, 1.54) is 12.8 Å². The maximum atomic E-state index is 10.6. The van der Waals surface area contributed by atoms with Crippen molar-refractivity contribution in [3.8, 4) is 0 Å². The van der Waals surface area contributed by atoms with Gasteiger partial charge in [-0.1, -0.05) is 12.8 Å². The Bertz CT molecular complexity index is 229. The van der Waals surface area contributed by atoms with E-state index in [0.717, 1.165) is 19.3 Å². The Kier molecular flexibility index (Phi) is 3.97. The minimum Gasteiger partial charge on any atom is -0.465 e. The Morgan fingerprint density at radius 1 is 1.53 bits per heavy atom. The molecule has 0 saturated heterocycles. The van der Waals surface area contributed by atoms with Gasteiger partial charge in [-0.25, -0.2) is 4.79 Å². The number of nitrogens with one attached hydrogen (secondary N) is 1. The van der Waals surface area contributed by atoms with Gasteiger partial charge in [-0.15, -0.1) is 0 Å². The van der Waals surface area contributed by atoms with Crippen LogP contribution in [0.4, 0.5) is 4.79 Å². The second kappa shape index (κ2) is 4.84. The van der Waals surface area contributed by atoms with Crippen LogP contribution >= 0.6 is 0 Å². The van der Waals surface area contributed by atoms with Crippen molar-refractivity contribution in [2.24, 2.45) is 11.7 Å². The molecule has 1 aliphatic rings. The number of carboxylic acid groups (broad SMARTS) is 1. The monoisotopic (exact) mass is 214 g/mol. The van der Waals surface area contributed by atoms with Gasteiger partial charge in [0.2, 0.25) is 0 Å². The molecule has 0 heterocycles. The molecule has 1 aliphatic carbocycles. The van der Waals surface area contributed by atoms with Crippen molar-refractivity contribution in [1.82, 2.24) is 5.32 Å². The van der Waals surface area contributed by atoms with Crippen LogP contribution in [0.1, 0.15) is 46.0 Å². The molecule has 1 rings (SSSR count). The smallest absolute Gasteiger partial charge is 0.405 e. The van der Waals surface area contributed by atoms with E-state index in [0.29, 0.717) is 12.0 Å². The average Bonchev–Trinajstić information content (AvgIpc) is 1.99. The van der Waals surface area contributed by atoms with Gasteiger partial charge < -0.3 is 16.2 Å². The van der Waals surface area contributed by atoms with Crippen molar-refractivity contribution < 1.29 is 9.90 Å². The molecule has 0 unspecified atom stereocenters. The average molecular weight is 214 g/mol. The number of nitrogens with two attached hydrogens (primary N) is 1. The molecule has 1 amide bonds. The van der Waals surface area contributed by atoms with Gasteiger partial charge in [0.1, 0.15) is 0 Å². The zero-order chi connectivity index (χ0) is 11.5. The molecular formula is C11H22N2O2. The lowest BCUT2D eigenvalue weighted by Crippen LogP contribution is -2.45. The summed E-state index contributed by atoms with van der Waals surface area (Å²) < 4.78 is 0. The van der Waals surface area contributed by atoms with Crippen LogP contribution in [0.2, 0.25) is 0 Å². The summed E-state index contributed by atoms with van der Waals surface area (Å²) in [4.78, 5) is 10.6. The van der Waals surface area contributed by atoms with Gasteiger partial charge in [-0.05, 0) is 39.0 Å². The summed E-state index contributed by atoms with van der Waals surface area (Å²) in [5.74, 6) is 0.565. The number of amides is 1. The summed E-state index contributed by atoms with van der Waals surface area (Å²) in [7, 11) is 0. The number of hydrogen-bond donors (Lipinski definition) is 3. The minimum absolute atomic E-state index is 0.310. The summed E-state index contributed by atoms with van der Waals surface area (Å²) in [6.07, 6.45) is 4.44. The highest BCUT2D eigenvalue weighted by Crippen LogP contribution is 2.29. The SMILES string of the molecule is CC(C)(C[C@H]1CCC[C@@H](N)C1)NC(=O)O. The highest BCUT2D eigenvalue weighted by Gasteiger charge is 2.27. The van der Waals surface area contributed by atoms with Gasteiger partial charge in [0.25, 0.3) is 0 Å². The van der Waals surface area contributed by atoms with E-state index in [-0.39, 0.29) is 5.54 Å². The van der Waals surface area contributed by atoms with Crippen LogP contribution in [0, 0.1) is 5.92 Å². The third-order valence-corrected chi connectivity index (χ3v) is 3.07. The minimum atomic E-state index is -0.944. The summed E-state index contributed by atoms with van der Waals surface area (Å²) in [5, 5.41) is 11.3. The molecule has 4 N–H and O–H groups in total. The van der Waals surface area contributed by atoms with Gasteiger partial charge in [0.15, 0.2) is 0 Å².